The van der Waals surface area contributed by atoms with Gasteiger partial charge in [-0.2, -0.15) is 4.36 Å². The van der Waals surface area contributed by atoms with Crippen LogP contribution in [0.3, 0.4) is 0 Å². The van der Waals surface area contributed by atoms with Gasteiger partial charge in [0.25, 0.3) is 12.3 Å². The van der Waals surface area contributed by atoms with Gasteiger partial charge in [-0.25, -0.2) is 18.8 Å². The maximum atomic E-state index is 14.0. The second-order valence-electron chi connectivity index (χ2n) is 6.38. The van der Waals surface area contributed by atoms with Crippen molar-refractivity contribution in [3.05, 3.63) is 63.4 Å². The third-order valence-electron chi connectivity index (χ3n) is 4.52. The Hall–Kier alpha value is -1.74. The third kappa shape index (κ3) is 5.03. The second kappa shape index (κ2) is 10.3. The van der Waals surface area contributed by atoms with Crippen LogP contribution in [0.2, 0.25) is 15.1 Å². The Kier molecular flexibility index (Phi) is 7.91. The number of carbonyl (C=O) groups excluding carboxylic acids is 1. The summed E-state index contributed by atoms with van der Waals surface area (Å²) in [6.07, 6.45) is 1.43. The van der Waals surface area contributed by atoms with Crippen LogP contribution >= 0.6 is 34.8 Å². The van der Waals surface area contributed by atoms with Gasteiger partial charge in [-0.05, 0) is 30.3 Å². The summed E-state index contributed by atoms with van der Waals surface area (Å²) in [6.45, 7) is 3.86. The van der Waals surface area contributed by atoms with Crippen LogP contribution in [0.25, 0.3) is 0 Å². The zero-order chi connectivity index (χ0) is 22.7. The molecule has 1 amide bonds. The molecule has 0 saturated heterocycles. The molecule has 2 heterocycles. The SMILES string of the molecule is CCS(CC)=NC(=O)c1cc(Cl)cc(Cl)c1N1C(C(F)F)C=CN1c1ncccc1Cl. The fourth-order valence-corrected chi connectivity index (χ4v) is 4.88. The topological polar surface area (TPSA) is 48.8 Å². The molecule has 1 atom stereocenters. The van der Waals surface area contributed by atoms with Gasteiger partial charge >= 0.3 is 0 Å². The lowest BCUT2D eigenvalue weighted by Crippen LogP contribution is -2.46. The van der Waals surface area contributed by atoms with Gasteiger partial charge in [-0.1, -0.05) is 59.3 Å². The molecule has 3 rings (SSSR count). The molecule has 1 aromatic heterocycles. The predicted molar refractivity (Wildman–Crippen MR) is 125 cm³/mol. The van der Waals surface area contributed by atoms with Gasteiger partial charge in [0.05, 0.1) is 21.3 Å². The molecule has 5 nitrogen and oxygen atoms in total. The summed E-state index contributed by atoms with van der Waals surface area (Å²) in [5.41, 5.74) is 0.0934. The van der Waals surface area contributed by atoms with E-state index in [0.29, 0.717) is 11.5 Å². The molecular formula is C20H19Cl3F2N4OS. The van der Waals surface area contributed by atoms with E-state index in [4.69, 9.17) is 34.8 Å². The number of aromatic nitrogens is 1. The van der Waals surface area contributed by atoms with Crippen molar-refractivity contribution in [3.63, 3.8) is 0 Å². The fourth-order valence-electron chi connectivity index (χ4n) is 3.09. The zero-order valence-electron chi connectivity index (χ0n) is 16.6. The van der Waals surface area contributed by atoms with Crippen molar-refractivity contribution >= 4 is 62.9 Å². The molecule has 0 fully saturated rings. The highest BCUT2D eigenvalue weighted by atomic mass is 35.5. The van der Waals surface area contributed by atoms with E-state index in [1.165, 1.54) is 40.6 Å². The van der Waals surface area contributed by atoms with Crippen molar-refractivity contribution in [2.75, 3.05) is 21.5 Å². The number of benzene rings is 1. The first kappa shape index (κ1) is 23.9. The highest BCUT2D eigenvalue weighted by Crippen LogP contribution is 2.41. The number of rotatable bonds is 6. The van der Waals surface area contributed by atoms with Gasteiger partial charge in [0, 0.05) is 28.9 Å². The number of hydrogen-bond acceptors (Lipinski definition) is 4. The van der Waals surface area contributed by atoms with Crippen LogP contribution in [0.5, 0.6) is 0 Å². The third-order valence-corrected chi connectivity index (χ3v) is 7.08. The molecule has 0 N–H and O–H groups in total. The lowest BCUT2D eigenvalue weighted by Gasteiger charge is -2.36. The fraction of sp³-hybridized carbons (Fsp3) is 0.300. The van der Waals surface area contributed by atoms with Crippen LogP contribution in [0.1, 0.15) is 24.2 Å². The summed E-state index contributed by atoms with van der Waals surface area (Å²) in [4.78, 5) is 17.3. The number of hydrazine groups is 1. The normalized spacial score (nSPS) is 16.0. The standard InChI is InChI=1S/C20H19Cl3F2N4OS/c1-3-31(4-2)27-20(30)13-10-12(21)11-15(23)17(13)29-16(18(24)25)7-9-28(29)19-14(22)6-5-8-26-19/h5-11,16,18H,3-4H2,1-2H3. The van der Waals surface area contributed by atoms with Gasteiger partial charge < -0.3 is 0 Å². The lowest BCUT2D eigenvalue weighted by molar-refractivity contribution is 0.100. The van der Waals surface area contributed by atoms with E-state index in [-0.39, 0.29) is 32.1 Å². The predicted octanol–water partition coefficient (Wildman–Crippen LogP) is 6.41. The monoisotopic (exact) mass is 506 g/mol. The van der Waals surface area contributed by atoms with Gasteiger partial charge in [0.15, 0.2) is 5.82 Å². The second-order valence-corrected chi connectivity index (χ2v) is 9.90. The molecule has 0 aliphatic carbocycles. The summed E-state index contributed by atoms with van der Waals surface area (Å²) in [5, 5.41) is 3.03. The van der Waals surface area contributed by atoms with Crippen molar-refractivity contribution < 1.29 is 13.6 Å². The van der Waals surface area contributed by atoms with Crippen molar-refractivity contribution in [1.82, 2.24) is 4.98 Å². The van der Waals surface area contributed by atoms with E-state index in [9.17, 15) is 13.6 Å². The summed E-state index contributed by atoms with van der Waals surface area (Å²) < 4.78 is 32.2. The Morgan fingerprint density at radius 2 is 1.94 bits per heavy atom. The molecule has 0 radical (unpaired) electrons. The van der Waals surface area contributed by atoms with Gasteiger partial charge in [0.1, 0.15) is 6.04 Å². The van der Waals surface area contributed by atoms with Crippen molar-refractivity contribution in [1.29, 1.82) is 0 Å². The number of anilines is 2. The number of hydrogen-bond donors (Lipinski definition) is 0. The molecule has 166 valence electrons. The Balaban J connectivity index is 2.21. The molecule has 0 spiro atoms. The van der Waals surface area contributed by atoms with Crippen molar-refractivity contribution in [2.45, 2.75) is 26.3 Å². The maximum Gasteiger partial charge on any atom is 0.285 e. The van der Waals surface area contributed by atoms with Crippen LogP contribution in [0.15, 0.2) is 47.1 Å². The van der Waals surface area contributed by atoms with Gasteiger partial charge in [-0.15, -0.1) is 0 Å². The minimum Gasteiger partial charge on any atom is -0.266 e. The number of pyridine rings is 1. The minimum absolute atomic E-state index is 0.0308. The highest BCUT2D eigenvalue weighted by Gasteiger charge is 2.38. The highest BCUT2D eigenvalue weighted by molar-refractivity contribution is 7.87. The van der Waals surface area contributed by atoms with Crippen LogP contribution in [0, 0.1) is 0 Å². The zero-order valence-corrected chi connectivity index (χ0v) is 19.7. The van der Waals surface area contributed by atoms with Crippen LogP contribution in [-0.2, 0) is 10.7 Å². The molecule has 0 saturated carbocycles. The Labute approximate surface area is 196 Å². The Bertz CT molecular complexity index is 1050. The average Bonchev–Trinajstić information content (AvgIpc) is 3.16. The Morgan fingerprint density at radius 1 is 1.23 bits per heavy atom. The van der Waals surface area contributed by atoms with Crippen molar-refractivity contribution in [3.8, 4) is 0 Å². The first-order valence-electron chi connectivity index (χ1n) is 9.36. The number of carbonyl (C=O) groups is 1. The van der Waals surface area contributed by atoms with Crippen LogP contribution in [-0.4, -0.2) is 34.9 Å². The lowest BCUT2D eigenvalue weighted by atomic mass is 10.1. The number of halogens is 5. The molecule has 0 bridgehead atoms. The van der Waals surface area contributed by atoms with E-state index in [1.807, 2.05) is 13.8 Å². The Morgan fingerprint density at radius 3 is 2.55 bits per heavy atom. The number of alkyl halides is 2. The maximum absolute atomic E-state index is 14.0. The molecule has 31 heavy (non-hydrogen) atoms. The molecule has 1 unspecified atom stereocenters. The van der Waals surface area contributed by atoms with E-state index in [0.717, 1.165) is 0 Å². The summed E-state index contributed by atoms with van der Waals surface area (Å²) in [7, 11) is -0.498. The largest absolute Gasteiger partial charge is 0.285 e. The first-order valence-corrected chi connectivity index (χ1v) is 12.0. The van der Waals surface area contributed by atoms with E-state index < -0.39 is 29.1 Å². The van der Waals surface area contributed by atoms with E-state index in [2.05, 4.69) is 9.35 Å². The van der Waals surface area contributed by atoms with Gasteiger partial charge in [0.2, 0.25) is 0 Å². The molecule has 2 aromatic rings. The summed E-state index contributed by atoms with van der Waals surface area (Å²) in [5.74, 6) is 1.02. The first-order chi connectivity index (χ1) is 14.8. The average molecular weight is 508 g/mol. The van der Waals surface area contributed by atoms with Crippen molar-refractivity contribution in [2.24, 2.45) is 4.36 Å². The number of nitrogens with zero attached hydrogens (tertiary/aromatic N) is 4. The smallest absolute Gasteiger partial charge is 0.266 e. The van der Waals surface area contributed by atoms with E-state index in [1.54, 1.807) is 12.1 Å². The quantitative estimate of drug-likeness (QED) is 0.453. The van der Waals surface area contributed by atoms with E-state index >= 15 is 0 Å². The number of amides is 1. The molecule has 1 aliphatic rings. The molecular weight excluding hydrogens is 489 g/mol. The van der Waals surface area contributed by atoms with Crippen LogP contribution in [0.4, 0.5) is 20.3 Å². The summed E-state index contributed by atoms with van der Waals surface area (Å²) >= 11 is 18.9. The minimum atomic E-state index is -2.78. The molecule has 11 heteroatoms. The summed E-state index contributed by atoms with van der Waals surface area (Å²) in [6, 6.07) is 4.60. The van der Waals surface area contributed by atoms with Crippen LogP contribution < -0.4 is 10.0 Å². The molecule has 1 aliphatic heterocycles. The molecule has 1 aromatic carbocycles. The van der Waals surface area contributed by atoms with Gasteiger partial charge in [-0.3, -0.25) is 9.80 Å².